The zero-order valence-electron chi connectivity index (χ0n) is 14.2. The van der Waals surface area contributed by atoms with Crippen molar-refractivity contribution in [1.82, 2.24) is 15.0 Å². The van der Waals surface area contributed by atoms with Crippen molar-refractivity contribution in [3.63, 3.8) is 0 Å². The van der Waals surface area contributed by atoms with Gasteiger partial charge < -0.3 is 0 Å². The maximum atomic E-state index is 9.01. The van der Waals surface area contributed by atoms with E-state index in [1.165, 1.54) is 0 Å². The van der Waals surface area contributed by atoms with Gasteiger partial charge in [0.2, 0.25) is 5.28 Å². The fourth-order valence-corrected chi connectivity index (χ4v) is 3.00. The fraction of sp³-hybridized carbons (Fsp3) is 0. The van der Waals surface area contributed by atoms with Gasteiger partial charge >= 0.3 is 0 Å². The third-order valence-electron chi connectivity index (χ3n) is 4.13. The third kappa shape index (κ3) is 3.55. The van der Waals surface area contributed by atoms with Gasteiger partial charge in [-0.3, -0.25) is 0 Å². The maximum Gasteiger partial charge on any atom is 0.226 e. The molecule has 0 saturated heterocycles. The van der Waals surface area contributed by atoms with Crippen LogP contribution in [0.25, 0.3) is 33.9 Å². The van der Waals surface area contributed by atoms with Crippen molar-refractivity contribution in [2.75, 3.05) is 0 Å². The zero-order chi connectivity index (χ0) is 18.6. The third-order valence-corrected chi connectivity index (χ3v) is 4.30. The Hall–Kier alpha value is -3.55. The van der Waals surface area contributed by atoms with E-state index in [9.17, 15) is 0 Å². The minimum atomic E-state index is 0.147. The van der Waals surface area contributed by atoms with Gasteiger partial charge in [0.1, 0.15) is 0 Å². The monoisotopic (exact) mass is 368 g/mol. The molecule has 0 N–H and O–H groups in total. The van der Waals surface area contributed by atoms with Crippen molar-refractivity contribution in [2.24, 2.45) is 0 Å². The number of aromatic nitrogens is 3. The minimum absolute atomic E-state index is 0.147. The summed E-state index contributed by atoms with van der Waals surface area (Å²) in [6, 6.07) is 27.0. The second-order valence-corrected chi connectivity index (χ2v) is 6.19. The highest BCUT2D eigenvalue weighted by Crippen LogP contribution is 2.31. The normalized spacial score (nSPS) is 10.4. The molecule has 1 heterocycles. The van der Waals surface area contributed by atoms with Crippen LogP contribution < -0.4 is 0 Å². The largest absolute Gasteiger partial charge is 0.226 e. The molecule has 0 amide bonds. The van der Waals surface area contributed by atoms with Crippen LogP contribution in [0.2, 0.25) is 5.28 Å². The smallest absolute Gasteiger partial charge is 0.208 e. The van der Waals surface area contributed by atoms with Crippen LogP contribution in [0.4, 0.5) is 0 Å². The molecule has 4 aromatic rings. The highest BCUT2D eigenvalue weighted by Gasteiger charge is 2.13. The van der Waals surface area contributed by atoms with E-state index in [1.54, 1.807) is 12.1 Å². The van der Waals surface area contributed by atoms with Gasteiger partial charge in [-0.25, -0.2) is 4.98 Å². The Morgan fingerprint density at radius 1 is 0.630 bits per heavy atom. The van der Waals surface area contributed by atoms with Gasteiger partial charge in [0.15, 0.2) is 11.6 Å². The van der Waals surface area contributed by atoms with Crippen LogP contribution in [0.1, 0.15) is 5.56 Å². The summed E-state index contributed by atoms with van der Waals surface area (Å²) < 4.78 is 0. The van der Waals surface area contributed by atoms with Gasteiger partial charge in [-0.05, 0) is 34.9 Å². The Morgan fingerprint density at radius 2 is 1.26 bits per heavy atom. The molecule has 0 spiro atoms. The van der Waals surface area contributed by atoms with Crippen molar-refractivity contribution in [3.05, 3.63) is 89.7 Å². The lowest BCUT2D eigenvalue weighted by Crippen LogP contribution is -1.98. The highest BCUT2D eigenvalue weighted by atomic mass is 35.5. The van der Waals surface area contributed by atoms with Gasteiger partial charge in [0, 0.05) is 11.1 Å². The van der Waals surface area contributed by atoms with E-state index in [-0.39, 0.29) is 5.28 Å². The Morgan fingerprint density at radius 3 is 1.96 bits per heavy atom. The van der Waals surface area contributed by atoms with Crippen molar-refractivity contribution >= 4 is 11.6 Å². The van der Waals surface area contributed by atoms with Gasteiger partial charge in [-0.2, -0.15) is 15.2 Å². The van der Waals surface area contributed by atoms with Gasteiger partial charge in [0.05, 0.1) is 11.6 Å². The van der Waals surface area contributed by atoms with E-state index in [1.807, 2.05) is 66.7 Å². The number of benzene rings is 3. The van der Waals surface area contributed by atoms with Crippen LogP contribution in [0, 0.1) is 11.3 Å². The van der Waals surface area contributed by atoms with Crippen LogP contribution in [0.15, 0.2) is 78.9 Å². The minimum Gasteiger partial charge on any atom is -0.208 e. The molecule has 0 aliphatic heterocycles. The highest BCUT2D eigenvalue weighted by molar-refractivity contribution is 6.28. The summed E-state index contributed by atoms with van der Waals surface area (Å²) in [7, 11) is 0. The second-order valence-electron chi connectivity index (χ2n) is 5.85. The van der Waals surface area contributed by atoms with Crippen molar-refractivity contribution in [3.8, 4) is 40.0 Å². The fourth-order valence-electron chi connectivity index (χ4n) is 2.84. The lowest BCUT2D eigenvalue weighted by Gasteiger charge is -2.10. The van der Waals surface area contributed by atoms with Crippen LogP contribution in [-0.2, 0) is 0 Å². The van der Waals surface area contributed by atoms with E-state index < -0.39 is 0 Å². The van der Waals surface area contributed by atoms with Crippen LogP contribution >= 0.6 is 11.6 Å². The average Bonchev–Trinajstić information content (AvgIpc) is 2.74. The SMILES string of the molecule is N#Cc1ccc(-c2ccccc2-c2nc(Cl)nc(-c3ccccc3)n2)cc1. The molecule has 0 unspecified atom stereocenters. The molecule has 4 nitrogen and oxygen atoms in total. The Bertz CT molecular complexity index is 1130. The van der Waals surface area contributed by atoms with E-state index in [4.69, 9.17) is 16.9 Å². The first-order valence-corrected chi connectivity index (χ1v) is 8.69. The first-order valence-electron chi connectivity index (χ1n) is 8.31. The number of nitrogens with zero attached hydrogens (tertiary/aromatic N) is 4. The molecule has 3 aromatic carbocycles. The zero-order valence-corrected chi connectivity index (χ0v) is 14.9. The van der Waals surface area contributed by atoms with E-state index in [0.29, 0.717) is 17.2 Å². The summed E-state index contributed by atoms with van der Waals surface area (Å²) in [5.41, 5.74) is 4.28. The van der Waals surface area contributed by atoms with Gasteiger partial charge in [-0.1, -0.05) is 66.7 Å². The van der Waals surface area contributed by atoms with E-state index in [2.05, 4.69) is 21.0 Å². The average molecular weight is 369 g/mol. The molecule has 0 aliphatic carbocycles. The van der Waals surface area contributed by atoms with Crippen molar-refractivity contribution in [1.29, 1.82) is 5.26 Å². The van der Waals surface area contributed by atoms with Crippen molar-refractivity contribution in [2.45, 2.75) is 0 Å². The second kappa shape index (κ2) is 7.36. The topological polar surface area (TPSA) is 62.5 Å². The summed E-state index contributed by atoms with van der Waals surface area (Å²) in [6.07, 6.45) is 0. The van der Waals surface area contributed by atoms with E-state index in [0.717, 1.165) is 22.3 Å². The molecule has 0 atom stereocenters. The molecular formula is C22H13ClN4. The standard InChI is InChI=1S/C22H13ClN4/c23-22-26-20(17-6-2-1-3-7-17)25-21(27-22)19-9-5-4-8-18(19)16-12-10-15(14-24)11-13-16/h1-13H. The molecule has 4 rings (SSSR count). The molecule has 0 saturated carbocycles. The van der Waals surface area contributed by atoms with E-state index >= 15 is 0 Å². The molecule has 128 valence electrons. The molecule has 0 radical (unpaired) electrons. The molecule has 0 fully saturated rings. The van der Waals surface area contributed by atoms with Gasteiger partial charge in [-0.15, -0.1) is 0 Å². The van der Waals surface area contributed by atoms with Crippen LogP contribution in [-0.4, -0.2) is 15.0 Å². The Labute approximate surface area is 161 Å². The molecule has 27 heavy (non-hydrogen) atoms. The predicted molar refractivity (Wildman–Crippen MR) is 106 cm³/mol. The van der Waals surface area contributed by atoms with Gasteiger partial charge in [0.25, 0.3) is 0 Å². The number of hydrogen-bond donors (Lipinski definition) is 0. The summed E-state index contributed by atoms with van der Waals surface area (Å²) >= 11 is 6.19. The summed E-state index contributed by atoms with van der Waals surface area (Å²) in [4.78, 5) is 13.2. The van der Waals surface area contributed by atoms with Crippen molar-refractivity contribution < 1.29 is 0 Å². The lowest BCUT2D eigenvalue weighted by molar-refractivity contribution is 1.07. The summed E-state index contributed by atoms with van der Waals surface area (Å²) in [5.74, 6) is 1.04. The quantitative estimate of drug-likeness (QED) is 0.486. The number of halogens is 1. The summed E-state index contributed by atoms with van der Waals surface area (Å²) in [5, 5.41) is 9.16. The summed E-state index contributed by atoms with van der Waals surface area (Å²) in [6.45, 7) is 0. The molecule has 0 aliphatic rings. The molecule has 1 aromatic heterocycles. The first kappa shape index (κ1) is 16.9. The molecule has 5 heteroatoms. The van der Waals surface area contributed by atoms with Crippen LogP contribution in [0.5, 0.6) is 0 Å². The number of hydrogen-bond acceptors (Lipinski definition) is 4. The number of rotatable bonds is 3. The first-order chi connectivity index (χ1) is 13.2. The van der Waals surface area contributed by atoms with Crippen LogP contribution in [0.3, 0.4) is 0 Å². The molecular weight excluding hydrogens is 356 g/mol. The number of nitriles is 1. The maximum absolute atomic E-state index is 9.01. The molecule has 0 bridgehead atoms. The Balaban J connectivity index is 1.85. The lowest BCUT2D eigenvalue weighted by atomic mass is 9.98. The predicted octanol–water partition coefficient (Wildman–Crippen LogP) is 5.40. The Kier molecular flexibility index (Phi) is 4.61.